The van der Waals surface area contributed by atoms with Crippen LogP contribution in [0.2, 0.25) is 0 Å². The molecule has 0 N–H and O–H groups in total. The van der Waals surface area contributed by atoms with Crippen molar-refractivity contribution in [2.45, 2.75) is 25.9 Å². The van der Waals surface area contributed by atoms with Crippen molar-refractivity contribution in [1.82, 2.24) is 0 Å². The van der Waals surface area contributed by atoms with Crippen molar-refractivity contribution in [2.75, 3.05) is 7.11 Å². The first kappa shape index (κ1) is 14.7. The maximum Gasteiger partial charge on any atom is 0.382 e. The minimum atomic E-state index is -1.38. The van der Waals surface area contributed by atoms with E-state index >= 15 is 0 Å². The minimum absolute atomic E-state index is 0.197. The zero-order valence-electron chi connectivity index (χ0n) is 12.4. The van der Waals surface area contributed by atoms with Crippen LogP contribution in [0, 0.1) is 0 Å². The van der Waals surface area contributed by atoms with E-state index in [2.05, 4.69) is 0 Å². The monoisotopic (exact) mass is 287 g/mol. The minimum Gasteiger partial charge on any atom is -0.497 e. The lowest BCUT2D eigenvalue weighted by molar-refractivity contribution is 0.415. The fourth-order valence-electron chi connectivity index (χ4n) is 1.96. The summed E-state index contributed by atoms with van der Waals surface area (Å²) in [6.45, 7) is 6.01. The molecule has 2 rings (SSSR count). The highest BCUT2D eigenvalue weighted by atomic mass is 31.1. The summed E-state index contributed by atoms with van der Waals surface area (Å²) >= 11 is 0. The van der Waals surface area contributed by atoms with Crippen molar-refractivity contribution in [3.63, 3.8) is 0 Å². The first-order valence-corrected chi connectivity index (χ1v) is 7.89. The van der Waals surface area contributed by atoms with Gasteiger partial charge in [-0.3, -0.25) is 0 Å². The van der Waals surface area contributed by atoms with Gasteiger partial charge in [-0.15, -0.1) is 0 Å². The van der Waals surface area contributed by atoms with Gasteiger partial charge in [-0.05, 0) is 68.3 Å². The lowest BCUT2D eigenvalue weighted by Gasteiger charge is -2.06. The van der Waals surface area contributed by atoms with Gasteiger partial charge in [0.2, 0.25) is 0 Å². The summed E-state index contributed by atoms with van der Waals surface area (Å²) in [6.07, 6.45) is 0. The molecule has 0 spiro atoms. The highest BCUT2D eigenvalue weighted by Gasteiger charge is 2.36. The molecule has 0 aliphatic carbocycles. The molecular weight excluding hydrogens is 267 g/mol. The Morgan fingerprint density at radius 2 is 1.30 bits per heavy atom. The highest BCUT2D eigenvalue weighted by Crippen LogP contribution is 2.37. The summed E-state index contributed by atoms with van der Waals surface area (Å²) in [4.78, 5) is 0. The quantitative estimate of drug-likeness (QED) is 0.770. The van der Waals surface area contributed by atoms with E-state index in [0.29, 0.717) is 0 Å². The van der Waals surface area contributed by atoms with Crippen molar-refractivity contribution < 1.29 is 9.30 Å². The molecule has 0 aromatic heterocycles. The fraction of sp³-hybridized carbons (Fsp3) is 0.294. The van der Waals surface area contributed by atoms with Gasteiger partial charge in [0.1, 0.15) is 5.75 Å². The second kappa shape index (κ2) is 5.76. The Hall–Kier alpha value is -1.66. The summed E-state index contributed by atoms with van der Waals surface area (Å²) < 4.78 is 17.5. The Balaban J connectivity index is 2.25. The molecule has 0 bridgehead atoms. The molecule has 20 heavy (non-hydrogen) atoms. The van der Waals surface area contributed by atoms with Crippen LogP contribution in [-0.4, -0.2) is 12.3 Å². The Labute approximate surface area is 121 Å². The van der Waals surface area contributed by atoms with Crippen molar-refractivity contribution in [1.29, 1.82) is 0 Å². The Kier molecular flexibility index (Phi) is 4.25. The second-order valence-electron chi connectivity index (χ2n) is 5.74. The van der Waals surface area contributed by atoms with Gasteiger partial charge in [-0.25, -0.2) is 0 Å². The zero-order valence-corrected chi connectivity index (χ0v) is 13.3. The van der Waals surface area contributed by atoms with E-state index in [-0.39, 0.29) is 5.16 Å². The van der Waals surface area contributed by atoms with Gasteiger partial charge in [0.05, 0.1) is 7.11 Å². The van der Waals surface area contributed by atoms with Crippen LogP contribution >= 0.6 is 7.80 Å². The number of methoxy groups -OCH3 is 1. The average molecular weight is 287 g/mol. The van der Waals surface area contributed by atoms with E-state index in [1.165, 1.54) is 0 Å². The van der Waals surface area contributed by atoms with E-state index in [1.807, 2.05) is 69.3 Å². The van der Waals surface area contributed by atoms with Crippen molar-refractivity contribution in [3.05, 3.63) is 48.5 Å². The van der Waals surface area contributed by atoms with Crippen molar-refractivity contribution in [3.8, 4) is 16.9 Å². The van der Waals surface area contributed by atoms with Crippen molar-refractivity contribution in [2.24, 2.45) is 0 Å². The average Bonchev–Trinajstić information content (AvgIpc) is 2.46. The molecule has 1 atom stereocenters. The summed E-state index contributed by atoms with van der Waals surface area (Å²) in [5, 5.41) is 0.710. The molecule has 0 saturated carbocycles. The van der Waals surface area contributed by atoms with Gasteiger partial charge in [-0.1, -0.05) is 16.7 Å². The Morgan fingerprint density at radius 1 is 0.850 bits per heavy atom. The number of hydrogen-bond acceptors (Lipinski definition) is 2. The zero-order chi connectivity index (χ0) is 14.8. The Bertz CT molecular complexity index is 592. The smallest absolute Gasteiger partial charge is 0.382 e. The third-order valence-corrected chi connectivity index (χ3v) is 5.12. The third-order valence-electron chi connectivity index (χ3n) is 3.13. The molecule has 0 amide bonds. The molecule has 2 aromatic carbocycles. The molecule has 0 saturated heterocycles. The summed E-state index contributed by atoms with van der Waals surface area (Å²) in [6, 6.07) is 15.9. The van der Waals surface area contributed by atoms with Crippen LogP contribution in [0.1, 0.15) is 20.8 Å². The van der Waals surface area contributed by atoms with Crippen LogP contribution in [0.25, 0.3) is 11.1 Å². The van der Waals surface area contributed by atoms with Crippen LogP contribution in [0.5, 0.6) is 5.75 Å². The van der Waals surface area contributed by atoms with Crippen LogP contribution in [-0.2, 0) is 4.57 Å². The molecule has 0 heterocycles. The van der Waals surface area contributed by atoms with Crippen LogP contribution < -0.4 is 10.0 Å². The lowest BCUT2D eigenvalue weighted by atomic mass is 10.1. The number of ether oxygens (including phenoxy) is 1. The van der Waals surface area contributed by atoms with E-state index in [0.717, 1.165) is 22.2 Å². The molecule has 2 nitrogen and oxygen atoms in total. The summed E-state index contributed by atoms with van der Waals surface area (Å²) in [5.74, 6) is 0.848. The molecule has 1 unspecified atom stereocenters. The van der Waals surface area contributed by atoms with E-state index in [1.54, 1.807) is 7.11 Å². The predicted molar refractivity (Wildman–Crippen MR) is 85.4 cm³/mol. The van der Waals surface area contributed by atoms with Crippen LogP contribution in [0.3, 0.4) is 0 Å². The maximum atomic E-state index is 12.3. The number of hydrogen-bond donors (Lipinski definition) is 0. The molecule has 2 aromatic rings. The molecule has 0 aliphatic rings. The van der Waals surface area contributed by atoms with Gasteiger partial charge < -0.3 is 4.74 Å². The normalized spacial score (nSPS) is 12.1. The van der Waals surface area contributed by atoms with Gasteiger partial charge >= 0.3 is 7.80 Å². The second-order valence-corrected chi connectivity index (χ2v) is 8.19. The van der Waals surface area contributed by atoms with Crippen LogP contribution in [0.4, 0.5) is 0 Å². The third kappa shape index (κ3) is 3.26. The van der Waals surface area contributed by atoms with Crippen molar-refractivity contribution >= 4 is 13.1 Å². The number of benzene rings is 2. The van der Waals surface area contributed by atoms with E-state index in [9.17, 15) is 4.57 Å². The van der Waals surface area contributed by atoms with Gasteiger partial charge in [0.25, 0.3) is 0 Å². The molecule has 0 radical (unpaired) electrons. The topological polar surface area (TPSA) is 26.3 Å². The molecule has 0 aliphatic heterocycles. The van der Waals surface area contributed by atoms with Crippen LogP contribution in [0.15, 0.2) is 48.5 Å². The van der Waals surface area contributed by atoms with E-state index in [4.69, 9.17) is 4.74 Å². The Morgan fingerprint density at radius 3 is 1.70 bits per heavy atom. The summed E-state index contributed by atoms with van der Waals surface area (Å²) in [5.41, 5.74) is 2.25. The van der Waals surface area contributed by atoms with Gasteiger partial charge in [-0.2, -0.15) is 0 Å². The summed E-state index contributed by atoms with van der Waals surface area (Å²) in [7, 11) is 0.284. The first-order chi connectivity index (χ1) is 9.41. The van der Waals surface area contributed by atoms with Gasteiger partial charge in [0.15, 0.2) is 10.5 Å². The predicted octanol–water partition coefficient (Wildman–Crippen LogP) is 4.61. The van der Waals surface area contributed by atoms with E-state index < -0.39 is 7.80 Å². The number of rotatable bonds is 3. The molecule has 3 heteroatoms. The standard InChI is InChI=1S/C17H20O2P/c1-17(2,3)20(18)16-11-7-14(8-12-16)13-5-9-15(19-4)10-6-13/h5-12H,1-4H3/q+1. The SMILES string of the molecule is COc1ccc(-c2ccc([P+](=O)C(C)(C)C)cc2)cc1. The maximum absolute atomic E-state index is 12.3. The molecule has 104 valence electrons. The van der Waals surface area contributed by atoms with Gasteiger partial charge in [0, 0.05) is 0 Å². The molecular formula is C17H20O2P+. The fourth-order valence-corrected chi connectivity index (χ4v) is 3.15. The first-order valence-electron chi connectivity index (χ1n) is 6.63. The molecule has 0 fully saturated rings. The largest absolute Gasteiger partial charge is 0.497 e. The lowest BCUT2D eigenvalue weighted by Crippen LogP contribution is -2.14. The highest BCUT2D eigenvalue weighted by molar-refractivity contribution is 7.55.